The van der Waals surface area contributed by atoms with Gasteiger partial charge in [-0.05, 0) is 80.3 Å². The number of benzene rings is 1. The van der Waals surface area contributed by atoms with Crippen LogP contribution in [0.2, 0.25) is 0 Å². The molecule has 1 aliphatic rings. The molecule has 1 fully saturated rings. The molecule has 118 valence electrons. The molecule has 5 heteroatoms. The van der Waals surface area contributed by atoms with Gasteiger partial charge in [0.05, 0.1) is 10.6 Å². The molecule has 2 N–H and O–H groups in total. The van der Waals surface area contributed by atoms with E-state index in [0.717, 1.165) is 46.8 Å². The molecule has 1 heterocycles. The van der Waals surface area contributed by atoms with Gasteiger partial charge in [-0.15, -0.1) is 0 Å². The Morgan fingerprint density at radius 2 is 2.00 bits per heavy atom. The third-order valence-electron chi connectivity index (χ3n) is 3.65. The topological polar surface area (TPSA) is 33.3 Å². The zero-order valence-electron chi connectivity index (χ0n) is 12.7. The second kappa shape index (κ2) is 8.51. The fraction of sp³-hybridized carbons (Fsp3) is 0.625. The van der Waals surface area contributed by atoms with E-state index in [-0.39, 0.29) is 6.10 Å². The molecule has 3 nitrogen and oxygen atoms in total. The average Bonchev–Trinajstić information content (AvgIpc) is 2.43. The van der Waals surface area contributed by atoms with Gasteiger partial charge < -0.3 is 15.4 Å². The predicted molar refractivity (Wildman–Crippen MR) is 94.9 cm³/mol. The van der Waals surface area contributed by atoms with Gasteiger partial charge in [-0.25, -0.2) is 0 Å². The lowest BCUT2D eigenvalue weighted by Gasteiger charge is -2.23. The van der Waals surface area contributed by atoms with E-state index in [1.807, 2.05) is 6.07 Å². The van der Waals surface area contributed by atoms with Crippen molar-refractivity contribution in [1.29, 1.82) is 0 Å². The Morgan fingerprint density at radius 1 is 1.29 bits per heavy atom. The third-order valence-corrected chi connectivity index (χ3v) is 4.69. The van der Waals surface area contributed by atoms with Crippen LogP contribution in [0, 0.1) is 5.92 Å². The summed E-state index contributed by atoms with van der Waals surface area (Å²) in [5.41, 5.74) is 1.19. The van der Waals surface area contributed by atoms with Crippen molar-refractivity contribution in [3.8, 4) is 5.75 Å². The summed E-state index contributed by atoms with van der Waals surface area (Å²) < 4.78 is 8.03. The Morgan fingerprint density at radius 3 is 2.67 bits per heavy atom. The van der Waals surface area contributed by atoms with Crippen LogP contribution in [-0.2, 0) is 6.54 Å². The smallest absolute Gasteiger partial charge is 0.138 e. The van der Waals surface area contributed by atoms with E-state index >= 15 is 0 Å². The zero-order valence-corrected chi connectivity index (χ0v) is 15.9. The number of rotatable bonds is 6. The number of piperidine rings is 1. The standard InChI is InChI=1S/C16H24Br2N2O/c1-11(2)21-16-13(7-14(17)8-15(16)18)10-20-9-12-3-5-19-6-4-12/h7-8,11-12,19-20H,3-6,9-10H2,1-2H3. The lowest BCUT2D eigenvalue weighted by atomic mass is 9.98. The minimum atomic E-state index is 0.172. The minimum absolute atomic E-state index is 0.172. The van der Waals surface area contributed by atoms with Crippen molar-refractivity contribution in [3.63, 3.8) is 0 Å². The summed E-state index contributed by atoms with van der Waals surface area (Å²) in [6, 6.07) is 4.17. The van der Waals surface area contributed by atoms with E-state index < -0.39 is 0 Å². The average molecular weight is 420 g/mol. The van der Waals surface area contributed by atoms with Gasteiger partial charge in [0.15, 0.2) is 0 Å². The molecule has 1 aromatic carbocycles. The van der Waals surface area contributed by atoms with E-state index in [0.29, 0.717) is 0 Å². The van der Waals surface area contributed by atoms with Crippen LogP contribution in [0.3, 0.4) is 0 Å². The van der Waals surface area contributed by atoms with Crippen LogP contribution in [0.4, 0.5) is 0 Å². The van der Waals surface area contributed by atoms with Gasteiger partial charge in [-0.2, -0.15) is 0 Å². The maximum atomic E-state index is 5.96. The molecule has 0 aromatic heterocycles. The molecule has 1 saturated heterocycles. The summed E-state index contributed by atoms with van der Waals surface area (Å²) in [6.07, 6.45) is 2.71. The molecule has 0 radical (unpaired) electrons. The molecule has 0 aliphatic carbocycles. The molecule has 0 amide bonds. The van der Waals surface area contributed by atoms with Crippen LogP contribution >= 0.6 is 31.9 Å². The summed E-state index contributed by atoms with van der Waals surface area (Å²) in [5.74, 6) is 1.74. The lowest BCUT2D eigenvalue weighted by Crippen LogP contribution is -2.33. The number of ether oxygens (including phenoxy) is 1. The summed E-state index contributed by atoms with van der Waals surface area (Å²) in [4.78, 5) is 0. The summed E-state index contributed by atoms with van der Waals surface area (Å²) in [6.45, 7) is 8.32. The Bertz CT molecular complexity index is 460. The highest BCUT2D eigenvalue weighted by molar-refractivity contribution is 9.11. The van der Waals surface area contributed by atoms with Crippen LogP contribution in [0.25, 0.3) is 0 Å². The largest absolute Gasteiger partial charge is 0.489 e. The van der Waals surface area contributed by atoms with Crippen molar-refractivity contribution in [2.24, 2.45) is 5.92 Å². The highest BCUT2D eigenvalue weighted by atomic mass is 79.9. The van der Waals surface area contributed by atoms with Crippen molar-refractivity contribution < 1.29 is 4.74 Å². The maximum absolute atomic E-state index is 5.96. The van der Waals surface area contributed by atoms with Gasteiger partial charge >= 0.3 is 0 Å². The van der Waals surface area contributed by atoms with Gasteiger partial charge in [-0.1, -0.05) is 15.9 Å². The predicted octanol–water partition coefficient (Wildman–Crippen LogP) is 4.09. The first kappa shape index (κ1) is 17.3. The number of hydrogen-bond acceptors (Lipinski definition) is 3. The fourth-order valence-electron chi connectivity index (χ4n) is 2.61. The number of halogens is 2. The van der Waals surface area contributed by atoms with Gasteiger partial charge in [0, 0.05) is 16.6 Å². The second-order valence-electron chi connectivity index (χ2n) is 5.87. The molecule has 1 aromatic rings. The first-order valence-electron chi connectivity index (χ1n) is 7.62. The monoisotopic (exact) mass is 418 g/mol. The summed E-state index contributed by atoms with van der Waals surface area (Å²) in [5, 5.41) is 7.00. The molecule has 21 heavy (non-hydrogen) atoms. The zero-order chi connectivity index (χ0) is 15.2. The van der Waals surface area contributed by atoms with E-state index in [9.17, 15) is 0 Å². The molecule has 0 bridgehead atoms. The van der Waals surface area contributed by atoms with Crippen molar-refractivity contribution in [3.05, 3.63) is 26.6 Å². The van der Waals surface area contributed by atoms with Crippen LogP contribution < -0.4 is 15.4 Å². The molecular formula is C16H24Br2N2O. The van der Waals surface area contributed by atoms with Gasteiger partial charge in [0.1, 0.15) is 5.75 Å². The highest BCUT2D eigenvalue weighted by Gasteiger charge is 2.14. The van der Waals surface area contributed by atoms with Crippen molar-refractivity contribution in [2.45, 2.75) is 39.3 Å². The Kier molecular flexibility index (Phi) is 6.99. The van der Waals surface area contributed by atoms with Crippen LogP contribution in [-0.4, -0.2) is 25.7 Å². The quantitative estimate of drug-likeness (QED) is 0.728. The SMILES string of the molecule is CC(C)Oc1c(Br)cc(Br)cc1CNCC1CCNCC1. The molecule has 1 aliphatic heterocycles. The summed E-state index contributed by atoms with van der Waals surface area (Å²) in [7, 11) is 0. The van der Waals surface area contributed by atoms with Crippen LogP contribution in [0.15, 0.2) is 21.1 Å². The number of nitrogens with one attached hydrogen (secondary N) is 2. The van der Waals surface area contributed by atoms with Gasteiger partial charge in [0.2, 0.25) is 0 Å². The Balaban J connectivity index is 1.97. The minimum Gasteiger partial charge on any atom is -0.489 e. The lowest BCUT2D eigenvalue weighted by molar-refractivity contribution is 0.237. The van der Waals surface area contributed by atoms with E-state index in [1.54, 1.807) is 0 Å². The molecular weight excluding hydrogens is 396 g/mol. The fourth-order valence-corrected chi connectivity index (χ4v) is 4.02. The molecule has 0 saturated carbocycles. The first-order valence-corrected chi connectivity index (χ1v) is 9.21. The van der Waals surface area contributed by atoms with E-state index in [2.05, 4.69) is 62.4 Å². The third kappa shape index (κ3) is 5.55. The van der Waals surface area contributed by atoms with E-state index in [1.165, 1.54) is 18.4 Å². The summed E-state index contributed by atoms with van der Waals surface area (Å²) >= 11 is 7.16. The second-order valence-corrected chi connectivity index (χ2v) is 7.64. The normalized spacial score (nSPS) is 16.4. The molecule has 2 rings (SSSR count). The van der Waals surface area contributed by atoms with Gasteiger partial charge in [-0.3, -0.25) is 0 Å². The van der Waals surface area contributed by atoms with Crippen LogP contribution in [0.1, 0.15) is 32.3 Å². The van der Waals surface area contributed by atoms with Gasteiger partial charge in [0.25, 0.3) is 0 Å². The van der Waals surface area contributed by atoms with E-state index in [4.69, 9.17) is 4.74 Å². The molecule has 0 spiro atoms. The first-order chi connectivity index (χ1) is 10.1. The Hall–Kier alpha value is -0.100. The highest BCUT2D eigenvalue weighted by Crippen LogP contribution is 2.33. The van der Waals surface area contributed by atoms with Crippen LogP contribution in [0.5, 0.6) is 5.75 Å². The molecule has 0 atom stereocenters. The van der Waals surface area contributed by atoms with Crippen molar-refractivity contribution in [1.82, 2.24) is 10.6 Å². The Labute approximate surface area is 144 Å². The molecule has 0 unspecified atom stereocenters. The van der Waals surface area contributed by atoms with Crippen molar-refractivity contribution in [2.75, 3.05) is 19.6 Å². The number of hydrogen-bond donors (Lipinski definition) is 2. The van der Waals surface area contributed by atoms with Crippen molar-refractivity contribution >= 4 is 31.9 Å². The maximum Gasteiger partial charge on any atom is 0.138 e.